The van der Waals surface area contributed by atoms with Gasteiger partial charge in [-0.05, 0) is 47.5 Å². The Hall–Kier alpha value is -3.22. The number of carbonyl (C=O) groups is 1. The average Bonchev–Trinajstić information content (AvgIpc) is 3.13. The molecule has 0 saturated carbocycles. The van der Waals surface area contributed by atoms with Crippen LogP contribution in [0.4, 0.5) is 13.2 Å². The van der Waals surface area contributed by atoms with Crippen LogP contribution in [0.3, 0.4) is 0 Å². The van der Waals surface area contributed by atoms with Crippen molar-refractivity contribution in [2.24, 2.45) is 0 Å². The molecule has 1 aliphatic heterocycles. The van der Waals surface area contributed by atoms with Crippen LogP contribution in [0.25, 0.3) is 11.1 Å². The fourth-order valence-electron chi connectivity index (χ4n) is 3.23. The number of fused-ring (bicyclic) bond motifs is 1. The van der Waals surface area contributed by atoms with E-state index in [1.807, 2.05) is 12.1 Å². The lowest BCUT2D eigenvalue weighted by Crippen LogP contribution is -2.32. The van der Waals surface area contributed by atoms with Crippen LogP contribution in [0, 0.1) is 0 Å². The maximum Gasteiger partial charge on any atom is 0.416 e. The molecule has 0 saturated heterocycles. The lowest BCUT2D eigenvalue weighted by Gasteiger charge is -2.19. The second kappa shape index (κ2) is 7.07. The van der Waals surface area contributed by atoms with Crippen LogP contribution in [0.5, 0.6) is 5.75 Å². The maximum atomic E-state index is 12.8. The first-order valence-corrected chi connectivity index (χ1v) is 8.78. The first kappa shape index (κ1) is 18.2. The van der Waals surface area contributed by atoms with Gasteiger partial charge in [0.25, 0.3) is 5.91 Å². The van der Waals surface area contributed by atoms with E-state index in [4.69, 9.17) is 4.74 Å². The van der Waals surface area contributed by atoms with Gasteiger partial charge in [0.1, 0.15) is 18.1 Å². The van der Waals surface area contributed by atoms with Crippen molar-refractivity contribution in [1.82, 2.24) is 9.88 Å². The van der Waals surface area contributed by atoms with Crippen molar-refractivity contribution in [3.05, 3.63) is 77.6 Å². The first-order valence-electron chi connectivity index (χ1n) is 8.78. The van der Waals surface area contributed by atoms with Crippen LogP contribution >= 0.6 is 0 Å². The van der Waals surface area contributed by atoms with Gasteiger partial charge in [-0.15, -0.1) is 0 Å². The number of nitrogens with zero attached hydrogens (tertiary/aromatic N) is 1. The summed E-state index contributed by atoms with van der Waals surface area (Å²) >= 11 is 0. The van der Waals surface area contributed by atoms with Crippen LogP contribution in [0.15, 0.2) is 60.8 Å². The monoisotopic (exact) mass is 386 g/mol. The number of aromatic amines is 1. The molecule has 0 spiro atoms. The van der Waals surface area contributed by atoms with Crippen LogP contribution in [0.2, 0.25) is 0 Å². The number of alkyl halides is 3. The fourth-order valence-corrected chi connectivity index (χ4v) is 3.23. The van der Waals surface area contributed by atoms with Crippen molar-refractivity contribution in [3.63, 3.8) is 0 Å². The maximum absolute atomic E-state index is 12.8. The Labute approximate surface area is 159 Å². The summed E-state index contributed by atoms with van der Waals surface area (Å²) in [7, 11) is 0. The van der Waals surface area contributed by atoms with E-state index in [0.717, 1.165) is 23.3 Å². The summed E-state index contributed by atoms with van der Waals surface area (Å²) in [6.07, 6.45) is -2.67. The third kappa shape index (κ3) is 3.60. The number of halogens is 3. The van der Waals surface area contributed by atoms with Gasteiger partial charge in [-0.1, -0.05) is 18.2 Å². The lowest BCUT2D eigenvalue weighted by atomic mass is 10.0. The molecule has 1 N–H and O–H groups in total. The van der Waals surface area contributed by atoms with E-state index < -0.39 is 11.7 Å². The third-order valence-electron chi connectivity index (χ3n) is 4.70. The van der Waals surface area contributed by atoms with Crippen LogP contribution < -0.4 is 4.74 Å². The van der Waals surface area contributed by atoms with E-state index in [1.165, 1.54) is 12.1 Å². The highest BCUT2D eigenvalue weighted by atomic mass is 19.4. The predicted molar refractivity (Wildman–Crippen MR) is 97.9 cm³/mol. The molecule has 3 aromatic rings. The molecule has 7 heteroatoms. The number of H-pyrrole nitrogens is 1. The van der Waals surface area contributed by atoms with Gasteiger partial charge in [-0.3, -0.25) is 4.79 Å². The second-order valence-corrected chi connectivity index (χ2v) is 6.56. The van der Waals surface area contributed by atoms with Crippen LogP contribution in [0.1, 0.15) is 21.6 Å². The molecule has 0 bridgehead atoms. The van der Waals surface area contributed by atoms with Gasteiger partial charge in [0, 0.05) is 18.3 Å². The molecule has 1 aliphatic rings. The summed E-state index contributed by atoms with van der Waals surface area (Å²) in [5.74, 6) is 0.554. The Balaban J connectivity index is 1.61. The summed E-state index contributed by atoms with van der Waals surface area (Å²) < 4.78 is 44.1. The molecule has 1 aromatic heterocycles. The molecule has 0 aliphatic carbocycles. The van der Waals surface area contributed by atoms with Crippen molar-refractivity contribution < 1.29 is 22.7 Å². The minimum Gasteiger partial charge on any atom is -0.491 e. The first-order chi connectivity index (χ1) is 13.4. The number of benzene rings is 2. The number of ether oxygens (including phenoxy) is 1. The molecule has 0 fully saturated rings. The number of hydrogen-bond donors (Lipinski definition) is 1. The van der Waals surface area contributed by atoms with Gasteiger partial charge in [-0.25, -0.2) is 0 Å². The summed E-state index contributed by atoms with van der Waals surface area (Å²) in [6, 6.07) is 14.0. The molecular weight excluding hydrogens is 369 g/mol. The molecule has 2 heterocycles. The molecule has 2 aromatic carbocycles. The molecule has 4 rings (SSSR count). The van der Waals surface area contributed by atoms with Crippen molar-refractivity contribution in [1.29, 1.82) is 0 Å². The average molecular weight is 386 g/mol. The van der Waals surface area contributed by atoms with Gasteiger partial charge in [0.2, 0.25) is 0 Å². The highest BCUT2D eigenvalue weighted by molar-refractivity contribution is 5.92. The minimum absolute atomic E-state index is 0.124. The minimum atomic E-state index is -4.36. The summed E-state index contributed by atoms with van der Waals surface area (Å²) in [4.78, 5) is 17.2. The molecule has 0 radical (unpaired) electrons. The zero-order valence-electron chi connectivity index (χ0n) is 14.8. The standard InChI is InChI=1S/C21H17F3N2O2/c22-21(23,24)17-6-3-14(4-7-17)15-5-8-19-16(12-15)13-26(10-11-28-19)20(27)18-2-1-9-25-18/h1-9,12,25H,10-11,13H2. The molecular formula is C21H17F3N2O2. The van der Waals surface area contributed by atoms with E-state index in [-0.39, 0.29) is 5.91 Å². The van der Waals surface area contributed by atoms with E-state index >= 15 is 0 Å². The molecule has 4 nitrogen and oxygen atoms in total. The number of nitrogens with one attached hydrogen (secondary N) is 1. The smallest absolute Gasteiger partial charge is 0.416 e. The van der Waals surface area contributed by atoms with Gasteiger partial charge in [0.15, 0.2) is 0 Å². The fraction of sp³-hybridized carbons (Fsp3) is 0.190. The van der Waals surface area contributed by atoms with Gasteiger partial charge in [0.05, 0.1) is 12.1 Å². The number of hydrogen-bond acceptors (Lipinski definition) is 2. The predicted octanol–water partition coefficient (Wildman–Crippen LogP) is 4.74. The van der Waals surface area contributed by atoms with Crippen molar-refractivity contribution >= 4 is 5.91 Å². The van der Waals surface area contributed by atoms with E-state index in [0.29, 0.717) is 36.7 Å². The van der Waals surface area contributed by atoms with Crippen molar-refractivity contribution in [2.75, 3.05) is 13.2 Å². The van der Waals surface area contributed by atoms with Crippen molar-refractivity contribution in [2.45, 2.75) is 12.7 Å². The molecule has 144 valence electrons. The van der Waals surface area contributed by atoms with Crippen molar-refractivity contribution in [3.8, 4) is 16.9 Å². The number of amides is 1. The number of aromatic nitrogens is 1. The molecule has 0 unspecified atom stereocenters. The third-order valence-corrected chi connectivity index (χ3v) is 4.70. The van der Waals surface area contributed by atoms with Crippen LogP contribution in [-0.4, -0.2) is 28.9 Å². The molecule has 0 atom stereocenters. The van der Waals surface area contributed by atoms with E-state index in [2.05, 4.69) is 4.98 Å². The summed E-state index contributed by atoms with van der Waals surface area (Å²) in [5, 5.41) is 0. The van der Waals surface area contributed by atoms with Gasteiger partial charge < -0.3 is 14.6 Å². The van der Waals surface area contributed by atoms with Crippen LogP contribution in [-0.2, 0) is 12.7 Å². The zero-order valence-corrected chi connectivity index (χ0v) is 14.8. The zero-order chi connectivity index (χ0) is 19.7. The number of carbonyl (C=O) groups excluding carboxylic acids is 1. The van der Waals surface area contributed by atoms with E-state index in [1.54, 1.807) is 29.3 Å². The largest absolute Gasteiger partial charge is 0.491 e. The summed E-state index contributed by atoms with van der Waals surface area (Å²) in [6.45, 7) is 1.18. The second-order valence-electron chi connectivity index (χ2n) is 6.56. The lowest BCUT2D eigenvalue weighted by molar-refractivity contribution is -0.137. The number of rotatable bonds is 2. The molecule has 28 heavy (non-hydrogen) atoms. The van der Waals surface area contributed by atoms with E-state index in [9.17, 15) is 18.0 Å². The highest BCUT2D eigenvalue weighted by Gasteiger charge is 2.30. The normalized spacial score (nSPS) is 14.2. The summed E-state index contributed by atoms with van der Waals surface area (Å²) in [5.41, 5.74) is 2.07. The molecule has 1 amide bonds. The quantitative estimate of drug-likeness (QED) is 0.692. The van der Waals surface area contributed by atoms with Gasteiger partial charge in [-0.2, -0.15) is 13.2 Å². The Bertz CT molecular complexity index is 980. The Morgan fingerprint density at radius 2 is 1.79 bits per heavy atom. The van der Waals surface area contributed by atoms with Gasteiger partial charge >= 0.3 is 6.18 Å². The Morgan fingerprint density at radius 1 is 1.04 bits per heavy atom. The topological polar surface area (TPSA) is 45.3 Å². The Morgan fingerprint density at radius 3 is 2.46 bits per heavy atom. The SMILES string of the molecule is O=C(c1ccc[nH]1)N1CCOc2ccc(-c3ccc(C(F)(F)F)cc3)cc2C1. The highest BCUT2D eigenvalue weighted by Crippen LogP contribution is 2.33. The Kier molecular flexibility index (Phi) is 4.58.